The van der Waals surface area contributed by atoms with Crippen LogP contribution in [0.3, 0.4) is 0 Å². The fourth-order valence-corrected chi connectivity index (χ4v) is 2.66. The molecule has 1 aliphatic heterocycles. The second-order valence-corrected chi connectivity index (χ2v) is 4.79. The number of thioether (sulfide) groups is 1. The van der Waals surface area contributed by atoms with Crippen molar-refractivity contribution < 1.29 is 4.79 Å². The van der Waals surface area contributed by atoms with E-state index < -0.39 is 0 Å². The number of carbonyl (C=O) groups excluding carboxylic acids is 1. The van der Waals surface area contributed by atoms with Crippen molar-refractivity contribution in [2.75, 3.05) is 10.7 Å². The first kappa shape index (κ1) is 10.3. The highest BCUT2D eigenvalue weighted by Crippen LogP contribution is 2.30. The SMILES string of the molecule is Cn1cnc2c(N3C(=N)SCC3=O)cccc21. The van der Waals surface area contributed by atoms with Gasteiger partial charge in [-0.1, -0.05) is 17.8 Å². The van der Waals surface area contributed by atoms with Gasteiger partial charge in [0.05, 0.1) is 23.3 Å². The molecular formula is C11H10N4OS. The highest BCUT2D eigenvalue weighted by molar-refractivity contribution is 8.15. The maximum absolute atomic E-state index is 11.8. The number of amides is 1. The van der Waals surface area contributed by atoms with Crippen LogP contribution in [0.2, 0.25) is 0 Å². The molecule has 2 aromatic rings. The van der Waals surface area contributed by atoms with Crippen molar-refractivity contribution in [2.45, 2.75) is 0 Å². The van der Waals surface area contributed by atoms with Crippen LogP contribution in [0.5, 0.6) is 0 Å². The van der Waals surface area contributed by atoms with Gasteiger partial charge in [-0.2, -0.15) is 0 Å². The Morgan fingerprint density at radius 3 is 3.00 bits per heavy atom. The Morgan fingerprint density at radius 1 is 1.47 bits per heavy atom. The van der Waals surface area contributed by atoms with Crippen molar-refractivity contribution in [3.05, 3.63) is 24.5 Å². The molecule has 0 saturated carbocycles. The quantitative estimate of drug-likeness (QED) is 0.831. The van der Waals surface area contributed by atoms with Crippen LogP contribution in [-0.4, -0.2) is 26.4 Å². The molecule has 3 rings (SSSR count). The van der Waals surface area contributed by atoms with Gasteiger partial charge in [-0.15, -0.1) is 0 Å². The molecule has 2 heterocycles. The minimum absolute atomic E-state index is 0.0573. The minimum atomic E-state index is -0.0573. The smallest absolute Gasteiger partial charge is 0.243 e. The van der Waals surface area contributed by atoms with Gasteiger partial charge in [-0.05, 0) is 12.1 Å². The van der Waals surface area contributed by atoms with Crippen molar-refractivity contribution in [2.24, 2.45) is 7.05 Å². The summed E-state index contributed by atoms with van der Waals surface area (Å²) in [6.45, 7) is 0. The normalized spacial score (nSPS) is 16.2. The van der Waals surface area contributed by atoms with Gasteiger partial charge in [0.2, 0.25) is 5.91 Å². The van der Waals surface area contributed by atoms with E-state index >= 15 is 0 Å². The van der Waals surface area contributed by atoms with E-state index in [0.717, 1.165) is 11.0 Å². The van der Waals surface area contributed by atoms with Gasteiger partial charge < -0.3 is 4.57 Å². The number of amidine groups is 1. The summed E-state index contributed by atoms with van der Waals surface area (Å²) >= 11 is 1.25. The molecule has 1 aromatic carbocycles. The Balaban J connectivity index is 2.23. The molecular weight excluding hydrogens is 236 g/mol. The van der Waals surface area contributed by atoms with E-state index in [-0.39, 0.29) is 11.1 Å². The van der Waals surface area contributed by atoms with Gasteiger partial charge in [0.1, 0.15) is 5.52 Å². The van der Waals surface area contributed by atoms with E-state index in [0.29, 0.717) is 11.4 Å². The molecule has 1 aromatic heterocycles. The van der Waals surface area contributed by atoms with E-state index in [4.69, 9.17) is 5.41 Å². The third-order valence-electron chi connectivity index (χ3n) is 2.76. The number of hydrogen-bond acceptors (Lipinski definition) is 4. The van der Waals surface area contributed by atoms with E-state index in [1.165, 1.54) is 16.7 Å². The summed E-state index contributed by atoms with van der Waals surface area (Å²) in [5.41, 5.74) is 2.42. The molecule has 1 aliphatic rings. The average Bonchev–Trinajstić information content (AvgIpc) is 2.84. The Bertz CT molecular complexity index is 617. The number of hydrogen-bond donors (Lipinski definition) is 1. The predicted molar refractivity (Wildman–Crippen MR) is 68.4 cm³/mol. The van der Waals surface area contributed by atoms with Crippen molar-refractivity contribution in [1.82, 2.24) is 9.55 Å². The number of imidazole rings is 1. The molecule has 0 bridgehead atoms. The lowest BCUT2D eigenvalue weighted by Gasteiger charge is -2.15. The second-order valence-electron chi connectivity index (χ2n) is 3.82. The lowest BCUT2D eigenvalue weighted by molar-refractivity contribution is -0.115. The number of nitrogens with one attached hydrogen (secondary N) is 1. The monoisotopic (exact) mass is 246 g/mol. The average molecular weight is 246 g/mol. The summed E-state index contributed by atoms with van der Waals surface area (Å²) in [7, 11) is 1.91. The zero-order chi connectivity index (χ0) is 12.0. The molecule has 5 nitrogen and oxygen atoms in total. The Labute approximate surface area is 102 Å². The van der Waals surface area contributed by atoms with E-state index in [9.17, 15) is 4.79 Å². The number of aryl methyl sites for hydroxylation is 1. The molecule has 1 amide bonds. The molecule has 1 fully saturated rings. The molecule has 86 valence electrons. The number of aromatic nitrogens is 2. The molecule has 0 spiro atoms. The van der Waals surface area contributed by atoms with E-state index in [2.05, 4.69) is 4.98 Å². The zero-order valence-electron chi connectivity index (χ0n) is 9.17. The highest BCUT2D eigenvalue weighted by Gasteiger charge is 2.30. The number of rotatable bonds is 1. The first-order chi connectivity index (χ1) is 8.18. The molecule has 0 radical (unpaired) electrons. The minimum Gasteiger partial charge on any atom is -0.334 e. The van der Waals surface area contributed by atoms with Crippen molar-refractivity contribution in [1.29, 1.82) is 5.41 Å². The highest BCUT2D eigenvalue weighted by atomic mass is 32.2. The molecule has 0 unspecified atom stereocenters. The molecule has 6 heteroatoms. The summed E-state index contributed by atoms with van der Waals surface area (Å²) in [5.74, 6) is 0.278. The van der Waals surface area contributed by atoms with Crippen molar-refractivity contribution in [3.63, 3.8) is 0 Å². The van der Waals surface area contributed by atoms with Crippen LogP contribution in [0.15, 0.2) is 24.5 Å². The second kappa shape index (κ2) is 3.59. The standard InChI is InChI=1S/C11H10N4OS/c1-14-6-13-10-7(14)3-2-4-8(10)15-9(16)5-17-11(15)12/h2-4,6,12H,5H2,1H3. The van der Waals surface area contributed by atoms with Crippen LogP contribution in [0.4, 0.5) is 5.69 Å². The number of fused-ring (bicyclic) bond motifs is 1. The summed E-state index contributed by atoms with van der Waals surface area (Å²) in [6.07, 6.45) is 1.71. The maximum Gasteiger partial charge on any atom is 0.243 e. The Kier molecular flexibility index (Phi) is 2.19. The number of benzene rings is 1. The van der Waals surface area contributed by atoms with Crippen LogP contribution >= 0.6 is 11.8 Å². The first-order valence-electron chi connectivity index (χ1n) is 5.13. The van der Waals surface area contributed by atoms with E-state index in [1.54, 1.807) is 6.33 Å². The van der Waals surface area contributed by atoms with Crippen LogP contribution < -0.4 is 4.90 Å². The third kappa shape index (κ3) is 1.44. The van der Waals surface area contributed by atoms with Gasteiger partial charge in [-0.25, -0.2) is 4.98 Å². The number of anilines is 1. The fraction of sp³-hybridized carbons (Fsp3) is 0.182. The van der Waals surface area contributed by atoms with Gasteiger partial charge in [0, 0.05) is 7.05 Å². The lowest BCUT2D eigenvalue weighted by Crippen LogP contribution is -2.28. The van der Waals surface area contributed by atoms with Gasteiger partial charge in [0.15, 0.2) is 5.17 Å². The molecule has 0 atom stereocenters. The van der Waals surface area contributed by atoms with Crippen molar-refractivity contribution >= 4 is 39.6 Å². The number of para-hydroxylation sites is 1. The lowest BCUT2D eigenvalue weighted by atomic mass is 10.2. The predicted octanol–water partition coefficient (Wildman–Crippen LogP) is 1.59. The van der Waals surface area contributed by atoms with E-state index in [1.807, 2.05) is 29.8 Å². The molecule has 1 saturated heterocycles. The molecule has 1 N–H and O–H groups in total. The summed E-state index contributed by atoms with van der Waals surface area (Å²) in [6, 6.07) is 5.65. The van der Waals surface area contributed by atoms with Crippen LogP contribution in [0.1, 0.15) is 0 Å². The number of nitrogens with zero attached hydrogens (tertiary/aromatic N) is 3. The first-order valence-corrected chi connectivity index (χ1v) is 6.11. The summed E-state index contributed by atoms with van der Waals surface area (Å²) in [5, 5.41) is 8.06. The fourth-order valence-electron chi connectivity index (χ4n) is 1.94. The van der Waals surface area contributed by atoms with Gasteiger partial charge in [-0.3, -0.25) is 15.1 Å². The Hall–Kier alpha value is -1.82. The Morgan fingerprint density at radius 2 is 2.29 bits per heavy atom. The largest absolute Gasteiger partial charge is 0.334 e. The zero-order valence-corrected chi connectivity index (χ0v) is 9.99. The van der Waals surface area contributed by atoms with Gasteiger partial charge >= 0.3 is 0 Å². The van der Waals surface area contributed by atoms with Crippen molar-refractivity contribution in [3.8, 4) is 0 Å². The van der Waals surface area contributed by atoms with Crippen LogP contribution in [0, 0.1) is 5.41 Å². The molecule has 17 heavy (non-hydrogen) atoms. The van der Waals surface area contributed by atoms with Crippen LogP contribution in [-0.2, 0) is 11.8 Å². The van der Waals surface area contributed by atoms with Crippen LogP contribution in [0.25, 0.3) is 11.0 Å². The van der Waals surface area contributed by atoms with Gasteiger partial charge in [0.25, 0.3) is 0 Å². The topological polar surface area (TPSA) is 62.0 Å². The summed E-state index contributed by atoms with van der Waals surface area (Å²) < 4.78 is 1.90. The maximum atomic E-state index is 11.8. The third-order valence-corrected chi connectivity index (χ3v) is 3.61. The number of carbonyl (C=O) groups is 1. The summed E-state index contributed by atoms with van der Waals surface area (Å²) in [4.78, 5) is 17.5. The molecule has 0 aliphatic carbocycles.